The fraction of sp³-hybridized carbons (Fsp3) is 0.500. The van der Waals surface area contributed by atoms with E-state index in [0.29, 0.717) is 6.54 Å². The van der Waals surface area contributed by atoms with E-state index in [4.69, 9.17) is 10.5 Å². The predicted octanol–water partition coefficient (Wildman–Crippen LogP) is 1.36. The van der Waals surface area contributed by atoms with Gasteiger partial charge in [-0.3, -0.25) is 4.79 Å². The van der Waals surface area contributed by atoms with Crippen LogP contribution in [0.1, 0.15) is 25.0 Å². The molecule has 4 heteroatoms. The maximum atomic E-state index is 11.2. The second-order valence-electron chi connectivity index (χ2n) is 5.05. The molecule has 1 amide bonds. The quantitative estimate of drug-likeness (QED) is 0.829. The van der Waals surface area contributed by atoms with Crippen LogP contribution in [0.2, 0.25) is 0 Å². The minimum Gasteiger partial charge on any atom is -0.496 e. The molecule has 0 heterocycles. The summed E-state index contributed by atoms with van der Waals surface area (Å²) in [5.74, 6) is 0.744. The highest BCUT2D eigenvalue weighted by molar-refractivity contribution is 5.77. The Balaban J connectivity index is 2.84. The number of nitrogens with two attached hydrogens (primary N) is 1. The summed E-state index contributed by atoms with van der Waals surface area (Å²) in [6.45, 7) is 6.78. The Hall–Kier alpha value is -1.55. The van der Waals surface area contributed by atoms with Crippen molar-refractivity contribution in [3.05, 3.63) is 29.3 Å². The first-order chi connectivity index (χ1) is 8.40. The van der Waals surface area contributed by atoms with Gasteiger partial charge in [0.05, 0.1) is 13.7 Å². The molecule has 100 valence electrons. The zero-order valence-electron chi connectivity index (χ0n) is 11.5. The van der Waals surface area contributed by atoms with Crippen LogP contribution in [0.25, 0.3) is 0 Å². The van der Waals surface area contributed by atoms with Crippen LogP contribution in [0.4, 0.5) is 0 Å². The molecule has 4 nitrogen and oxygen atoms in total. The van der Waals surface area contributed by atoms with E-state index in [-0.39, 0.29) is 17.9 Å². The van der Waals surface area contributed by atoms with E-state index in [9.17, 15) is 4.79 Å². The highest BCUT2D eigenvalue weighted by Gasteiger charge is 2.21. The number of benzene rings is 1. The van der Waals surface area contributed by atoms with Gasteiger partial charge in [-0.25, -0.2) is 0 Å². The van der Waals surface area contributed by atoms with Gasteiger partial charge in [0.2, 0.25) is 5.91 Å². The van der Waals surface area contributed by atoms with Crippen molar-refractivity contribution in [1.29, 1.82) is 0 Å². The van der Waals surface area contributed by atoms with Gasteiger partial charge in [-0.2, -0.15) is 0 Å². The van der Waals surface area contributed by atoms with E-state index in [2.05, 4.69) is 25.2 Å². The van der Waals surface area contributed by atoms with Crippen LogP contribution in [-0.4, -0.2) is 26.1 Å². The summed E-state index contributed by atoms with van der Waals surface area (Å²) in [7, 11) is 1.66. The first-order valence-corrected chi connectivity index (χ1v) is 6.02. The van der Waals surface area contributed by atoms with Gasteiger partial charge in [-0.1, -0.05) is 26.0 Å². The molecular formula is C14H22N2O2. The first kappa shape index (κ1) is 14.5. The van der Waals surface area contributed by atoms with Gasteiger partial charge in [0.15, 0.2) is 0 Å². The first-order valence-electron chi connectivity index (χ1n) is 6.02. The SMILES string of the molecule is COc1ccc(C(C)(C)CNC(=O)CN)cc1C. The minimum atomic E-state index is -0.137. The van der Waals surface area contributed by atoms with E-state index in [1.165, 1.54) is 0 Å². The number of aryl methyl sites for hydroxylation is 1. The van der Waals surface area contributed by atoms with E-state index < -0.39 is 0 Å². The summed E-state index contributed by atoms with van der Waals surface area (Å²) in [6, 6.07) is 6.07. The fourth-order valence-corrected chi connectivity index (χ4v) is 1.79. The van der Waals surface area contributed by atoms with Gasteiger partial charge >= 0.3 is 0 Å². The van der Waals surface area contributed by atoms with Gasteiger partial charge in [0, 0.05) is 12.0 Å². The van der Waals surface area contributed by atoms with Crippen molar-refractivity contribution in [3.63, 3.8) is 0 Å². The highest BCUT2D eigenvalue weighted by atomic mass is 16.5. The number of methoxy groups -OCH3 is 1. The maximum Gasteiger partial charge on any atom is 0.233 e. The van der Waals surface area contributed by atoms with Crippen molar-refractivity contribution in [3.8, 4) is 5.75 Å². The van der Waals surface area contributed by atoms with Crippen molar-refractivity contribution < 1.29 is 9.53 Å². The van der Waals surface area contributed by atoms with Crippen LogP contribution in [-0.2, 0) is 10.2 Å². The molecule has 3 N–H and O–H groups in total. The Morgan fingerprint density at radius 2 is 2.11 bits per heavy atom. The third-order valence-corrected chi connectivity index (χ3v) is 3.09. The van der Waals surface area contributed by atoms with Gasteiger partial charge < -0.3 is 15.8 Å². The summed E-state index contributed by atoms with van der Waals surface area (Å²) in [6.07, 6.45) is 0. The number of amides is 1. The Labute approximate surface area is 109 Å². The average Bonchev–Trinajstić information content (AvgIpc) is 2.35. The Kier molecular flexibility index (Phi) is 4.73. The summed E-state index contributed by atoms with van der Waals surface area (Å²) in [5.41, 5.74) is 7.39. The van der Waals surface area contributed by atoms with Gasteiger partial charge in [-0.15, -0.1) is 0 Å². The number of hydrogen-bond donors (Lipinski definition) is 2. The summed E-state index contributed by atoms with van der Waals surface area (Å²) in [5, 5.41) is 2.82. The van der Waals surface area contributed by atoms with E-state index in [1.807, 2.05) is 19.1 Å². The maximum absolute atomic E-state index is 11.2. The molecule has 0 aliphatic heterocycles. The number of carbonyl (C=O) groups excluding carboxylic acids is 1. The Morgan fingerprint density at radius 3 is 2.61 bits per heavy atom. The molecule has 0 aromatic heterocycles. The van der Waals surface area contributed by atoms with Gasteiger partial charge in [0.25, 0.3) is 0 Å². The molecule has 0 aliphatic carbocycles. The minimum absolute atomic E-state index is 0.0255. The lowest BCUT2D eigenvalue weighted by Crippen LogP contribution is -2.39. The molecule has 0 saturated carbocycles. The van der Waals surface area contributed by atoms with Crippen LogP contribution in [0.5, 0.6) is 5.75 Å². The molecule has 18 heavy (non-hydrogen) atoms. The average molecular weight is 250 g/mol. The third-order valence-electron chi connectivity index (χ3n) is 3.09. The van der Waals surface area contributed by atoms with Crippen LogP contribution >= 0.6 is 0 Å². The molecule has 1 rings (SSSR count). The lowest BCUT2D eigenvalue weighted by molar-refractivity contribution is -0.119. The molecule has 0 unspecified atom stereocenters. The molecule has 0 radical (unpaired) electrons. The molecule has 0 bridgehead atoms. The monoisotopic (exact) mass is 250 g/mol. The topological polar surface area (TPSA) is 64.3 Å². The van der Waals surface area contributed by atoms with Crippen molar-refractivity contribution in [2.24, 2.45) is 5.73 Å². The molecule has 1 aromatic rings. The number of carbonyl (C=O) groups is 1. The fourth-order valence-electron chi connectivity index (χ4n) is 1.79. The number of rotatable bonds is 5. The van der Waals surface area contributed by atoms with Crippen molar-refractivity contribution in [2.75, 3.05) is 20.2 Å². The van der Waals surface area contributed by atoms with Gasteiger partial charge in [-0.05, 0) is 24.1 Å². The molecule has 0 aliphatic rings. The Morgan fingerprint density at radius 1 is 1.44 bits per heavy atom. The van der Waals surface area contributed by atoms with Crippen molar-refractivity contribution in [2.45, 2.75) is 26.2 Å². The largest absolute Gasteiger partial charge is 0.496 e. The molecule has 0 atom stereocenters. The van der Waals surface area contributed by atoms with Crippen molar-refractivity contribution >= 4 is 5.91 Å². The Bertz CT molecular complexity index is 428. The summed E-state index contributed by atoms with van der Waals surface area (Å²) in [4.78, 5) is 11.2. The molecular weight excluding hydrogens is 228 g/mol. The molecule has 0 fully saturated rings. The van der Waals surface area contributed by atoms with Crippen molar-refractivity contribution in [1.82, 2.24) is 5.32 Å². The van der Waals surface area contributed by atoms with E-state index in [0.717, 1.165) is 16.9 Å². The molecule has 1 aromatic carbocycles. The second-order valence-corrected chi connectivity index (χ2v) is 5.05. The van der Waals surface area contributed by atoms with E-state index >= 15 is 0 Å². The van der Waals surface area contributed by atoms with Crippen LogP contribution in [0.15, 0.2) is 18.2 Å². The smallest absolute Gasteiger partial charge is 0.233 e. The number of nitrogens with one attached hydrogen (secondary N) is 1. The molecule has 0 spiro atoms. The normalized spacial score (nSPS) is 11.2. The lowest BCUT2D eigenvalue weighted by Gasteiger charge is -2.26. The van der Waals surface area contributed by atoms with E-state index in [1.54, 1.807) is 7.11 Å². The number of ether oxygens (including phenoxy) is 1. The predicted molar refractivity (Wildman–Crippen MR) is 72.8 cm³/mol. The standard InChI is InChI=1S/C14H22N2O2/c1-10-7-11(5-6-12(10)18-4)14(2,3)9-16-13(17)8-15/h5-7H,8-9,15H2,1-4H3,(H,16,17). The highest BCUT2D eigenvalue weighted by Crippen LogP contribution is 2.27. The number of hydrogen-bond acceptors (Lipinski definition) is 3. The van der Waals surface area contributed by atoms with Crippen LogP contribution in [0, 0.1) is 6.92 Å². The van der Waals surface area contributed by atoms with Crippen LogP contribution in [0.3, 0.4) is 0 Å². The summed E-state index contributed by atoms with van der Waals surface area (Å²) >= 11 is 0. The third kappa shape index (κ3) is 3.47. The molecule has 0 saturated heterocycles. The van der Waals surface area contributed by atoms with Gasteiger partial charge in [0.1, 0.15) is 5.75 Å². The zero-order chi connectivity index (χ0) is 13.8. The van der Waals surface area contributed by atoms with Crippen LogP contribution < -0.4 is 15.8 Å². The summed E-state index contributed by atoms with van der Waals surface area (Å²) < 4.78 is 5.24. The zero-order valence-corrected chi connectivity index (χ0v) is 11.5. The lowest BCUT2D eigenvalue weighted by atomic mass is 9.83. The second kappa shape index (κ2) is 5.87.